The number of nitrogens with two attached hydrogens (primary N) is 1. The lowest BCUT2D eigenvalue weighted by molar-refractivity contribution is 0.601. The van der Waals surface area contributed by atoms with E-state index in [1.165, 1.54) is 11.3 Å². The lowest BCUT2D eigenvalue weighted by Gasteiger charge is -2.12. The van der Waals surface area contributed by atoms with Gasteiger partial charge in [-0.25, -0.2) is 13.4 Å². The van der Waals surface area contributed by atoms with Crippen molar-refractivity contribution >= 4 is 43.0 Å². The highest BCUT2D eigenvalue weighted by Gasteiger charge is 2.18. The summed E-state index contributed by atoms with van der Waals surface area (Å²) < 4.78 is 29.3. The molecule has 4 rings (SSSR count). The molecule has 0 aliphatic rings. The number of fused-ring (bicyclic) bond motifs is 1. The second-order valence-electron chi connectivity index (χ2n) is 6.21. The number of hydrogen-bond acceptors (Lipinski definition) is 5. The molecule has 3 N–H and O–H groups in total. The minimum atomic E-state index is -3.72. The first-order valence-electron chi connectivity index (χ1n) is 8.27. The van der Waals surface area contributed by atoms with Crippen LogP contribution in [0.1, 0.15) is 5.56 Å². The van der Waals surface area contributed by atoms with Gasteiger partial charge < -0.3 is 5.73 Å². The average molecular weight is 396 g/mol. The van der Waals surface area contributed by atoms with Crippen LogP contribution in [0.2, 0.25) is 0 Å². The van der Waals surface area contributed by atoms with Gasteiger partial charge in [-0.15, -0.1) is 11.3 Å². The van der Waals surface area contributed by atoms with E-state index in [0.717, 1.165) is 15.8 Å². The Morgan fingerprint density at radius 1 is 1.00 bits per heavy atom. The van der Waals surface area contributed by atoms with Gasteiger partial charge in [0, 0.05) is 11.3 Å². The van der Waals surface area contributed by atoms with E-state index in [1.54, 1.807) is 42.5 Å². The largest absolute Gasteiger partial charge is 0.399 e. The smallest absolute Gasteiger partial charge is 0.261 e. The Kier molecular flexibility index (Phi) is 4.33. The number of aromatic nitrogens is 1. The molecule has 0 aliphatic carbocycles. The van der Waals surface area contributed by atoms with Crippen LogP contribution in [0.25, 0.3) is 20.8 Å². The highest BCUT2D eigenvalue weighted by Crippen LogP contribution is 2.36. The van der Waals surface area contributed by atoms with Crippen molar-refractivity contribution in [3.63, 3.8) is 0 Å². The van der Waals surface area contributed by atoms with E-state index >= 15 is 0 Å². The molecule has 0 radical (unpaired) electrons. The summed E-state index contributed by atoms with van der Waals surface area (Å²) in [6.45, 7) is 1.91. The minimum Gasteiger partial charge on any atom is -0.399 e. The molecule has 0 aliphatic heterocycles. The number of nitrogens with zero attached hydrogens (tertiary/aromatic N) is 1. The lowest BCUT2D eigenvalue weighted by atomic mass is 10.1. The van der Waals surface area contributed by atoms with Crippen LogP contribution in [0.5, 0.6) is 0 Å². The Balaban J connectivity index is 1.78. The molecule has 0 saturated carbocycles. The quantitative estimate of drug-likeness (QED) is 0.492. The van der Waals surface area contributed by atoms with Crippen LogP contribution >= 0.6 is 11.3 Å². The van der Waals surface area contributed by atoms with Crippen LogP contribution in [0, 0.1) is 6.92 Å². The van der Waals surface area contributed by atoms with E-state index in [2.05, 4.69) is 9.71 Å². The Morgan fingerprint density at radius 2 is 1.74 bits per heavy atom. The van der Waals surface area contributed by atoms with Crippen LogP contribution in [-0.4, -0.2) is 13.4 Å². The standard InChI is InChI=1S/C20H17N3O2S2/c1-13-6-9-15(10-7-13)27(24,25)23-17-11-8-14(21)12-16(17)20-22-18-4-2-3-5-19(18)26-20/h2-12,23H,21H2,1H3. The molecule has 1 heterocycles. The van der Waals surface area contributed by atoms with Crippen molar-refractivity contribution in [3.8, 4) is 10.6 Å². The van der Waals surface area contributed by atoms with Crippen LogP contribution in [-0.2, 0) is 10.0 Å². The number of nitrogens with one attached hydrogen (secondary N) is 1. The number of benzene rings is 3. The fourth-order valence-electron chi connectivity index (χ4n) is 2.74. The summed E-state index contributed by atoms with van der Waals surface area (Å²) in [5, 5.41) is 0.713. The SMILES string of the molecule is Cc1ccc(S(=O)(=O)Nc2ccc(N)cc2-c2nc3ccccc3s2)cc1. The zero-order chi connectivity index (χ0) is 19.0. The fourth-order valence-corrected chi connectivity index (χ4v) is 4.81. The first-order valence-corrected chi connectivity index (χ1v) is 10.6. The summed E-state index contributed by atoms with van der Waals surface area (Å²) >= 11 is 1.50. The maximum atomic E-state index is 12.8. The molecular formula is C20H17N3O2S2. The number of rotatable bonds is 4. The summed E-state index contributed by atoms with van der Waals surface area (Å²) in [4.78, 5) is 4.84. The molecule has 0 bridgehead atoms. The second kappa shape index (κ2) is 6.68. The normalized spacial score (nSPS) is 11.6. The van der Waals surface area contributed by atoms with Crippen molar-refractivity contribution in [2.45, 2.75) is 11.8 Å². The molecule has 7 heteroatoms. The van der Waals surface area contributed by atoms with Crippen LogP contribution in [0.4, 0.5) is 11.4 Å². The van der Waals surface area contributed by atoms with E-state index in [-0.39, 0.29) is 4.90 Å². The van der Waals surface area contributed by atoms with Crippen LogP contribution < -0.4 is 10.5 Å². The molecule has 0 unspecified atom stereocenters. The molecule has 4 aromatic rings. The number of hydrogen-bond donors (Lipinski definition) is 2. The topological polar surface area (TPSA) is 85.1 Å². The third-order valence-corrected chi connectivity index (χ3v) is 6.59. The third kappa shape index (κ3) is 3.51. The number of anilines is 2. The molecule has 0 saturated heterocycles. The molecule has 5 nitrogen and oxygen atoms in total. The number of thiazole rings is 1. The molecule has 0 atom stereocenters. The van der Waals surface area contributed by atoms with Gasteiger partial charge >= 0.3 is 0 Å². The first kappa shape index (κ1) is 17.5. The predicted molar refractivity (Wildman–Crippen MR) is 111 cm³/mol. The zero-order valence-corrected chi connectivity index (χ0v) is 16.1. The molecular weight excluding hydrogens is 378 g/mol. The fraction of sp³-hybridized carbons (Fsp3) is 0.0500. The van der Waals surface area contributed by atoms with Crippen LogP contribution in [0.3, 0.4) is 0 Å². The number of nitrogen functional groups attached to an aromatic ring is 1. The second-order valence-corrected chi connectivity index (χ2v) is 8.92. The Labute approximate surface area is 161 Å². The maximum absolute atomic E-state index is 12.8. The van der Waals surface area contributed by atoms with E-state index < -0.39 is 10.0 Å². The molecule has 0 spiro atoms. The molecule has 136 valence electrons. The van der Waals surface area contributed by atoms with Gasteiger partial charge in [-0.1, -0.05) is 29.8 Å². The molecule has 3 aromatic carbocycles. The third-order valence-electron chi connectivity index (χ3n) is 4.14. The Morgan fingerprint density at radius 3 is 2.48 bits per heavy atom. The van der Waals surface area contributed by atoms with Crippen LogP contribution in [0.15, 0.2) is 71.6 Å². The van der Waals surface area contributed by atoms with Gasteiger partial charge in [-0.3, -0.25) is 4.72 Å². The summed E-state index contributed by atoms with van der Waals surface area (Å²) in [6.07, 6.45) is 0. The number of para-hydroxylation sites is 1. The van der Waals surface area contributed by atoms with Crippen molar-refractivity contribution in [1.82, 2.24) is 4.98 Å². The molecule has 1 aromatic heterocycles. The summed E-state index contributed by atoms with van der Waals surface area (Å²) in [5.74, 6) is 0. The van der Waals surface area contributed by atoms with E-state index in [0.29, 0.717) is 21.9 Å². The first-order chi connectivity index (χ1) is 12.9. The highest BCUT2D eigenvalue weighted by molar-refractivity contribution is 7.92. The summed E-state index contributed by atoms with van der Waals surface area (Å²) in [6, 6.07) is 19.6. The number of aryl methyl sites for hydroxylation is 1. The number of sulfonamides is 1. The van der Waals surface area contributed by atoms with Crippen molar-refractivity contribution in [1.29, 1.82) is 0 Å². The van der Waals surface area contributed by atoms with Crippen molar-refractivity contribution < 1.29 is 8.42 Å². The average Bonchev–Trinajstić information content (AvgIpc) is 3.07. The van der Waals surface area contributed by atoms with E-state index in [4.69, 9.17) is 5.73 Å². The van der Waals surface area contributed by atoms with Gasteiger partial charge in [0.1, 0.15) is 5.01 Å². The lowest BCUT2D eigenvalue weighted by Crippen LogP contribution is -2.13. The minimum absolute atomic E-state index is 0.208. The predicted octanol–water partition coefficient (Wildman–Crippen LogP) is 4.65. The molecule has 27 heavy (non-hydrogen) atoms. The van der Waals surface area contributed by atoms with Gasteiger partial charge in [0.25, 0.3) is 10.0 Å². The summed E-state index contributed by atoms with van der Waals surface area (Å²) in [7, 11) is -3.72. The van der Waals surface area contributed by atoms with Crippen molar-refractivity contribution in [2.24, 2.45) is 0 Å². The van der Waals surface area contributed by atoms with Gasteiger partial charge in [-0.05, 0) is 49.4 Å². The molecule has 0 fully saturated rings. The Bertz CT molecular complexity index is 1200. The summed E-state index contributed by atoms with van der Waals surface area (Å²) in [5.41, 5.74) is 9.47. The van der Waals surface area contributed by atoms with E-state index in [9.17, 15) is 8.42 Å². The van der Waals surface area contributed by atoms with Crippen molar-refractivity contribution in [2.75, 3.05) is 10.5 Å². The molecule has 0 amide bonds. The van der Waals surface area contributed by atoms with Gasteiger partial charge in [-0.2, -0.15) is 0 Å². The van der Waals surface area contributed by atoms with Gasteiger partial charge in [0.15, 0.2) is 0 Å². The van der Waals surface area contributed by atoms with Crippen molar-refractivity contribution in [3.05, 3.63) is 72.3 Å². The van der Waals surface area contributed by atoms with E-state index in [1.807, 2.05) is 31.2 Å². The maximum Gasteiger partial charge on any atom is 0.261 e. The van der Waals surface area contributed by atoms with Gasteiger partial charge in [0.05, 0.1) is 20.8 Å². The zero-order valence-electron chi connectivity index (χ0n) is 14.5. The highest BCUT2D eigenvalue weighted by atomic mass is 32.2. The Hall–Kier alpha value is -2.90. The monoisotopic (exact) mass is 395 g/mol. The van der Waals surface area contributed by atoms with Gasteiger partial charge in [0.2, 0.25) is 0 Å².